The van der Waals surface area contributed by atoms with Crippen LogP contribution in [-0.2, 0) is 20.5 Å². The number of nitrogens with one attached hydrogen (secondary N) is 1. The van der Waals surface area contributed by atoms with Gasteiger partial charge in [-0.2, -0.15) is 23.7 Å². The zero-order valence-corrected chi connectivity index (χ0v) is 19.9. The van der Waals surface area contributed by atoms with E-state index in [-0.39, 0.29) is 11.4 Å². The van der Waals surface area contributed by atoms with Crippen molar-refractivity contribution in [1.29, 1.82) is 10.5 Å². The van der Waals surface area contributed by atoms with E-state index < -0.39 is 48.0 Å². The molecule has 0 aliphatic heterocycles. The quantitative estimate of drug-likeness (QED) is 0.398. The normalized spacial score (nSPS) is 12.3. The lowest BCUT2D eigenvalue weighted by molar-refractivity contribution is -0.169. The zero-order chi connectivity index (χ0) is 27.8. The second kappa shape index (κ2) is 11.8. The molecule has 0 spiro atoms. The first-order valence-electron chi connectivity index (χ1n) is 11.0. The largest absolute Gasteiger partial charge is 0.489 e. The van der Waals surface area contributed by atoms with Gasteiger partial charge in [0.25, 0.3) is 5.91 Å². The molecular weight excluding hydrogens is 503 g/mol. The molecule has 38 heavy (non-hydrogen) atoms. The van der Waals surface area contributed by atoms with E-state index >= 15 is 0 Å². The third-order valence-corrected chi connectivity index (χ3v) is 5.12. The SMILES string of the molecule is CC(COc1ccc(C#N)cc1)(OC(=O)COc1ccccc1)C(=O)Nc1ccc(C#N)c(C(F)(F)F)c1. The molecule has 0 saturated heterocycles. The molecular formula is C27H20F3N3O5. The molecule has 11 heteroatoms. The maximum Gasteiger partial charge on any atom is 0.417 e. The molecule has 1 N–H and O–H groups in total. The Balaban J connectivity index is 1.81. The van der Waals surface area contributed by atoms with E-state index in [4.69, 9.17) is 24.7 Å². The van der Waals surface area contributed by atoms with Crippen molar-refractivity contribution in [2.24, 2.45) is 0 Å². The van der Waals surface area contributed by atoms with Gasteiger partial charge in [0.15, 0.2) is 6.61 Å². The van der Waals surface area contributed by atoms with E-state index in [0.717, 1.165) is 12.1 Å². The van der Waals surface area contributed by atoms with Gasteiger partial charge in [0.2, 0.25) is 5.60 Å². The predicted molar refractivity (Wildman–Crippen MR) is 128 cm³/mol. The Labute approximate surface area is 215 Å². The van der Waals surface area contributed by atoms with Gasteiger partial charge >= 0.3 is 12.1 Å². The number of anilines is 1. The standard InChI is InChI=1S/C27H20F3N3O5/c1-26(17-37-22-11-7-18(14-31)8-12-22,38-24(34)16-36-21-5-3-2-4-6-21)25(35)33-20-10-9-19(15-32)23(13-20)27(28,29)30/h2-13H,16-17H2,1H3,(H,33,35). The Morgan fingerprint density at radius 2 is 1.55 bits per heavy atom. The van der Waals surface area contributed by atoms with Crippen molar-refractivity contribution in [3.05, 3.63) is 89.5 Å². The van der Waals surface area contributed by atoms with Crippen LogP contribution in [0.15, 0.2) is 72.8 Å². The van der Waals surface area contributed by atoms with Gasteiger partial charge in [0.1, 0.15) is 18.1 Å². The van der Waals surface area contributed by atoms with Crippen molar-refractivity contribution in [2.75, 3.05) is 18.5 Å². The van der Waals surface area contributed by atoms with Crippen LogP contribution in [0.1, 0.15) is 23.6 Å². The summed E-state index contributed by atoms with van der Waals surface area (Å²) < 4.78 is 56.4. The first-order chi connectivity index (χ1) is 18.0. The summed E-state index contributed by atoms with van der Waals surface area (Å²) in [5, 5.41) is 20.2. The predicted octanol–water partition coefficient (Wildman–Crippen LogP) is 4.85. The molecule has 3 aromatic carbocycles. The summed E-state index contributed by atoms with van der Waals surface area (Å²) in [6, 6.07) is 20.3. The molecule has 0 aliphatic rings. The third-order valence-electron chi connectivity index (χ3n) is 5.12. The average molecular weight is 523 g/mol. The van der Waals surface area contributed by atoms with Crippen molar-refractivity contribution in [1.82, 2.24) is 0 Å². The first-order valence-corrected chi connectivity index (χ1v) is 11.0. The summed E-state index contributed by atoms with van der Waals surface area (Å²) in [5.41, 5.74) is -3.78. The Morgan fingerprint density at radius 1 is 0.895 bits per heavy atom. The summed E-state index contributed by atoms with van der Waals surface area (Å²) in [5.74, 6) is -1.30. The van der Waals surface area contributed by atoms with E-state index in [1.807, 2.05) is 6.07 Å². The Kier molecular flexibility index (Phi) is 8.56. The molecule has 1 unspecified atom stereocenters. The van der Waals surface area contributed by atoms with Crippen molar-refractivity contribution < 1.29 is 37.0 Å². The third kappa shape index (κ3) is 7.24. The minimum atomic E-state index is -4.84. The average Bonchev–Trinajstić information content (AvgIpc) is 2.91. The molecule has 0 aromatic heterocycles. The number of alkyl halides is 3. The molecule has 3 aromatic rings. The number of amides is 1. The lowest BCUT2D eigenvalue weighted by atomic mass is 10.0. The van der Waals surface area contributed by atoms with Crippen LogP contribution in [0.25, 0.3) is 0 Å². The van der Waals surface area contributed by atoms with Gasteiger partial charge in [-0.05, 0) is 61.5 Å². The number of nitriles is 2. The summed E-state index contributed by atoms with van der Waals surface area (Å²) in [6.07, 6.45) is -4.84. The highest BCUT2D eigenvalue weighted by Gasteiger charge is 2.40. The van der Waals surface area contributed by atoms with Gasteiger partial charge in [-0.1, -0.05) is 18.2 Å². The number of carbonyl (C=O) groups excluding carboxylic acids is 2. The molecule has 0 saturated carbocycles. The lowest BCUT2D eigenvalue weighted by Gasteiger charge is -2.28. The summed E-state index contributed by atoms with van der Waals surface area (Å²) in [6.45, 7) is 0.143. The van der Waals surface area contributed by atoms with Crippen LogP contribution in [-0.4, -0.2) is 30.7 Å². The highest BCUT2D eigenvalue weighted by atomic mass is 19.4. The minimum absolute atomic E-state index is 0.248. The fourth-order valence-corrected chi connectivity index (χ4v) is 3.15. The van der Waals surface area contributed by atoms with E-state index in [9.17, 15) is 22.8 Å². The van der Waals surface area contributed by atoms with Crippen molar-refractivity contribution >= 4 is 17.6 Å². The minimum Gasteiger partial charge on any atom is -0.489 e. The number of esters is 1. The van der Waals surface area contributed by atoms with Crippen molar-refractivity contribution in [3.63, 3.8) is 0 Å². The number of rotatable bonds is 9. The number of nitrogens with zero attached hydrogens (tertiary/aromatic N) is 2. The number of benzene rings is 3. The van der Waals surface area contributed by atoms with Gasteiger partial charge in [0.05, 0.1) is 28.8 Å². The lowest BCUT2D eigenvalue weighted by Crippen LogP contribution is -2.49. The van der Waals surface area contributed by atoms with Crippen LogP contribution < -0.4 is 14.8 Å². The van der Waals surface area contributed by atoms with Gasteiger partial charge in [-0.25, -0.2) is 4.79 Å². The number of para-hydroxylation sites is 1. The molecule has 3 rings (SSSR count). The maximum atomic E-state index is 13.4. The maximum absolute atomic E-state index is 13.4. The number of ether oxygens (including phenoxy) is 3. The number of hydrogen-bond acceptors (Lipinski definition) is 7. The van der Waals surface area contributed by atoms with Crippen LogP contribution >= 0.6 is 0 Å². The van der Waals surface area contributed by atoms with E-state index in [1.165, 1.54) is 37.3 Å². The van der Waals surface area contributed by atoms with Gasteiger partial charge < -0.3 is 19.5 Å². The molecule has 0 heterocycles. The number of carbonyl (C=O) groups is 2. The van der Waals surface area contributed by atoms with Crippen LogP contribution in [0.2, 0.25) is 0 Å². The molecule has 0 aliphatic carbocycles. The summed E-state index contributed by atoms with van der Waals surface area (Å²) in [4.78, 5) is 25.7. The summed E-state index contributed by atoms with van der Waals surface area (Å²) >= 11 is 0. The van der Waals surface area contributed by atoms with Crippen molar-refractivity contribution in [3.8, 4) is 23.6 Å². The Hall–Kier alpha value is -5.03. The molecule has 8 nitrogen and oxygen atoms in total. The number of halogens is 3. The topological polar surface area (TPSA) is 121 Å². The molecule has 0 fully saturated rings. The summed E-state index contributed by atoms with van der Waals surface area (Å²) in [7, 11) is 0. The van der Waals surface area contributed by atoms with Gasteiger partial charge in [0, 0.05) is 5.69 Å². The van der Waals surface area contributed by atoms with E-state index in [1.54, 1.807) is 30.3 Å². The molecule has 194 valence electrons. The second-order valence-corrected chi connectivity index (χ2v) is 8.06. The van der Waals surface area contributed by atoms with E-state index in [0.29, 0.717) is 17.4 Å². The van der Waals surface area contributed by atoms with Crippen LogP contribution in [0.3, 0.4) is 0 Å². The van der Waals surface area contributed by atoms with Crippen molar-refractivity contribution in [2.45, 2.75) is 18.7 Å². The van der Waals surface area contributed by atoms with Crippen LogP contribution in [0.4, 0.5) is 18.9 Å². The van der Waals surface area contributed by atoms with Crippen LogP contribution in [0, 0.1) is 22.7 Å². The fraction of sp³-hybridized carbons (Fsp3) is 0.185. The molecule has 1 amide bonds. The number of hydrogen-bond donors (Lipinski definition) is 1. The van der Waals surface area contributed by atoms with Gasteiger partial charge in [-0.15, -0.1) is 0 Å². The highest BCUT2D eigenvalue weighted by Crippen LogP contribution is 2.34. The first kappa shape index (κ1) is 27.6. The van der Waals surface area contributed by atoms with E-state index in [2.05, 4.69) is 5.32 Å². The highest BCUT2D eigenvalue weighted by molar-refractivity contribution is 5.98. The monoisotopic (exact) mass is 523 g/mol. The Morgan fingerprint density at radius 3 is 2.16 bits per heavy atom. The fourth-order valence-electron chi connectivity index (χ4n) is 3.15. The molecule has 0 bridgehead atoms. The second-order valence-electron chi connectivity index (χ2n) is 8.06. The Bertz CT molecular complexity index is 1380. The zero-order valence-electron chi connectivity index (χ0n) is 19.9. The van der Waals surface area contributed by atoms with Crippen LogP contribution in [0.5, 0.6) is 11.5 Å². The van der Waals surface area contributed by atoms with Gasteiger partial charge in [-0.3, -0.25) is 4.79 Å². The molecule has 0 radical (unpaired) electrons. The smallest absolute Gasteiger partial charge is 0.417 e. The molecule has 1 atom stereocenters.